The van der Waals surface area contributed by atoms with E-state index in [-0.39, 0.29) is 6.04 Å². The lowest BCUT2D eigenvalue weighted by molar-refractivity contribution is -1.03. The molecule has 2 fully saturated rings. The minimum atomic E-state index is -0.619. The fourth-order valence-electron chi connectivity index (χ4n) is 5.80. The van der Waals surface area contributed by atoms with Crippen molar-refractivity contribution >= 4 is 17.4 Å². The Morgan fingerprint density at radius 1 is 1.32 bits per heavy atom. The van der Waals surface area contributed by atoms with Crippen LogP contribution in [0.25, 0.3) is 0 Å². The van der Waals surface area contributed by atoms with Crippen LogP contribution in [-0.2, 0) is 0 Å². The van der Waals surface area contributed by atoms with E-state index < -0.39 is 16.4 Å². The van der Waals surface area contributed by atoms with E-state index in [0.29, 0.717) is 23.7 Å². The number of ether oxygens (including phenoxy) is 1. The first-order valence-corrected chi connectivity index (χ1v) is 12.2. The Morgan fingerprint density at radius 3 is 2.87 bits per heavy atom. The number of piperazine rings is 1. The average molecular weight is 447 g/mol. The third kappa shape index (κ3) is 3.29. The molecule has 5 rings (SSSR count). The van der Waals surface area contributed by atoms with Crippen LogP contribution in [0.4, 0.5) is 5.69 Å². The minimum Gasteiger partial charge on any atom is -0.627 e. The lowest BCUT2D eigenvalue weighted by atomic mass is 9.81. The summed E-state index contributed by atoms with van der Waals surface area (Å²) in [6, 6.07) is 7.94. The monoisotopic (exact) mass is 446 g/mol. The van der Waals surface area contributed by atoms with Gasteiger partial charge in [-0.3, -0.25) is 9.55 Å². The summed E-state index contributed by atoms with van der Waals surface area (Å²) in [6.45, 7) is 4.87. The highest BCUT2D eigenvalue weighted by atomic mass is 32.2. The number of anilines is 1. The van der Waals surface area contributed by atoms with Gasteiger partial charge in [-0.1, -0.05) is 12.1 Å². The van der Waals surface area contributed by atoms with Crippen molar-refractivity contribution in [3.05, 3.63) is 45.5 Å². The first-order valence-electron chi connectivity index (χ1n) is 11.3. The largest absolute Gasteiger partial charge is 0.627 e. The number of hydrogen-bond donors (Lipinski definition) is 1. The van der Waals surface area contributed by atoms with Crippen molar-refractivity contribution in [2.24, 2.45) is 5.73 Å². The summed E-state index contributed by atoms with van der Waals surface area (Å²) in [7, 11) is 1.70. The van der Waals surface area contributed by atoms with Crippen LogP contribution >= 0.6 is 11.8 Å². The van der Waals surface area contributed by atoms with Gasteiger partial charge in [0.2, 0.25) is 0 Å². The predicted molar refractivity (Wildman–Crippen MR) is 123 cm³/mol. The molecule has 0 saturated carbocycles. The van der Waals surface area contributed by atoms with E-state index in [1.54, 1.807) is 7.11 Å². The third-order valence-corrected chi connectivity index (χ3v) is 8.85. The Labute approximate surface area is 187 Å². The summed E-state index contributed by atoms with van der Waals surface area (Å²) < 4.78 is 6.05. The van der Waals surface area contributed by atoms with Gasteiger partial charge in [-0.2, -0.15) is 0 Å². The highest BCUT2D eigenvalue weighted by molar-refractivity contribution is 8.03. The minimum absolute atomic E-state index is 0.163. The number of nitroso groups, excluding NO2 is 1. The highest BCUT2D eigenvalue weighted by Crippen LogP contribution is 2.52. The zero-order valence-electron chi connectivity index (χ0n) is 18.1. The maximum Gasteiger partial charge on any atom is 0.335 e. The lowest BCUT2D eigenvalue weighted by Gasteiger charge is -2.59. The molecule has 168 valence electrons. The topological polar surface area (TPSA) is 84.9 Å². The summed E-state index contributed by atoms with van der Waals surface area (Å²) in [4.78, 5) is 17.8. The molecule has 4 aliphatic heterocycles. The third-order valence-electron chi connectivity index (χ3n) is 7.65. The summed E-state index contributed by atoms with van der Waals surface area (Å²) in [6.07, 6.45) is 3.55. The van der Waals surface area contributed by atoms with Crippen molar-refractivity contribution in [1.82, 2.24) is 4.90 Å². The number of quaternary nitrogens is 1. The van der Waals surface area contributed by atoms with Gasteiger partial charge >= 0.3 is 6.17 Å². The van der Waals surface area contributed by atoms with Crippen LogP contribution < -0.4 is 15.4 Å². The van der Waals surface area contributed by atoms with Gasteiger partial charge in [-0.15, -0.1) is 0 Å². The standard InChI is InChI=1S/C22H32N5O3S/c1-30-18-6-3-2-5-17(18)25-12-10-24(11-13-25)9-8-20-26(28)21-15-22(16-31-21)19(23)7-4-14-27(20,22)29/h2-3,5-6,15,19-20H,4,7-14,16,23H2,1H3/q+1. The van der Waals surface area contributed by atoms with Crippen molar-refractivity contribution < 1.29 is 14.1 Å². The lowest BCUT2D eigenvalue weighted by Crippen LogP contribution is -2.76. The molecule has 2 N–H and O–H groups in total. The van der Waals surface area contributed by atoms with Crippen LogP contribution in [0.5, 0.6) is 5.75 Å². The molecule has 4 atom stereocenters. The molecule has 31 heavy (non-hydrogen) atoms. The number of hydrogen-bond acceptors (Lipinski definition) is 7. The molecule has 1 aromatic rings. The van der Waals surface area contributed by atoms with Crippen LogP contribution in [0.1, 0.15) is 19.3 Å². The predicted octanol–water partition coefficient (Wildman–Crippen LogP) is 2.09. The smallest absolute Gasteiger partial charge is 0.335 e. The summed E-state index contributed by atoms with van der Waals surface area (Å²) in [5.74, 6) is 1.53. The van der Waals surface area contributed by atoms with Gasteiger partial charge in [0.15, 0.2) is 5.54 Å². The van der Waals surface area contributed by atoms with Crippen LogP contribution in [0.2, 0.25) is 0 Å². The molecule has 4 unspecified atom stereocenters. The number of para-hydroxylation sites is 2. The normalized spacial score (nSPS) is 35.6. The van der Waals surface area contributed by atoms with Gasteiger partial charge in [0, 0.05) is 37.6 Å². The quantitative estimate of drug-likeness (QED) is 0.421. The Balaban J connectivity index is 1.25. The van der Waals surface area contributed by atoms with E-state index >= 15 is 0 Å². The van der Waals surface area contributed by atoms with E-state index in [1.165, 1.54) is 11.8 Å². The molecule has 0 aliphatic carbocycles. The molecule has 2 bridgehead atoms. The number of nitrogens with zero attached hydrogens (tertiary/aromatic N) is 4. The van der Waals surface area contributed by atoms with Crippen molar-refractivity contribution in [2.45, 2.75) is 37.0 Å². The molecule has 0 radical (unpaired) electrons. The number of piperidine rings is 1. The average Bonchev–Trinajstić information content (AvgIpc) is 3.22. The molecule has 2 saturated heterocycles. The van der Waals surface area contributed by atoms with Gasteiger partial charge in [0.1, 0.15) is 5.75 Å². The van der Waals surface area contributed by atoms with Gasteiger partial charge < -0.3 is 20.6 Å². The van der Waals surface area contributed by atoms with Crippen molar-refractivity contribution in [3.8, 4) is 5.75 Å². The van der Waals surface area contributed by atoms with Crippen molar-refractivity contribution in [3.63, 3.8) is 0 Å². The second-order valence-corrected chi connectivity index (χ2v) is 10.1. The second kappa shape index (κ2) is 8.04. The zero-order chi connectivity index (χ0) is 21.6. The van der Waals surface area contributed by atoms with Crippen molar-refractivity contribution in [2.75, 3.05) is 57.0 Å². The molecule has 4 aliphatic rings. The number of methoxy groups -OCH3 is 1. The second-order valence-electron chi connectivity index (χ2n) is 9.13. The molecule has 4 heterocycles. The van der Waals surface area contributed by atoms with Crippen LogP contribution in [-0.4, -0.2) is 84.2 Å². The molecule has 9 heteroatoms. The fourth-order valence-corrected chi connectivity index (χ4v) is 7.23. The highest BCUT2D eigenvalue weighted by Gasteiger charge is 2.67. The molecule has 1 aromatic carbocycles. The van der Waals surface area contributed by atoms with Crippen LogP contribution in [0, 0.1) is 10.1 Å². The number of rotatable bonds is 5. The van der Waals surface area contributed by atoms with Gasteiger partial charge in [-0.05, 0) is 36.7 Å². The summed E-state index contributed by atoms with van der Waals surface area (Å²) in [5.41, 5.74) is 6.97. The summed E-state index contributed by atoms with van der Waals surface area (Å²) >= 11 is 1.51. The number of benzene rings is 1. The van der Waals surface area contributed by atoms with Crippen molar-refractivity contribution in [1.29, 1.82) is 0 Å². The van der Waals surface area contributed by atoms with Gasteiger partial charge in [0.05, 0.1) is 48.4 Å². The zero-order valence-corrected chi connectivity index (χ0v) is 18.9. The van der Waals surface area contributed by atoms with Gasteiger partial charge in [0.25, 0.3) is 5.03 Å². The van der Waals surface area contributed by atoms with E-state index in [1.807, 2.05) is 24.3 Å². The first-order chi connectivity index (χ1) is 15.0. The van der Waals surface area contributed by atoms with Gasteiger partial charge in [-0.25, -0.2) is 0 Å². The van der Waals surface area contributed by atoms with Crippen LogP contribution in [0.3, 0.4) is 0 Å². The Kier molecular flexibility index (Phi) is 5.50. The number of thioether (sulfide) groups is 1. The number of nitrogens with two attached hydrogens (primary N) is 1. The molecule has 1 spiro atoms. The molecule has 8 nitrogen and oxygen atoms in total. The molecule has 0 aromatic heterocycles. The SMILES string of the molecule is COc1ccccc1N1CCN(CCC2[N+](=O)C3=CC4(CS3)C(N)CCC[N+]24[O-])CC1. The molecular formula is C22H32N5O3S+. The van der Waals surface area contributed by atoms with E-state index in [4.69, 9.17) is 10.5 Å². The Bertz CT molecular complexity index is 890. The van der Waals surface area contributed by atoms with Crippen LogP contribution in [0.15, 0.2) is 35.4 Å². The first kappa shape index (κ1) is 21.2. The molecule has 0 amide bonds. The maximum atomic E-state index is 14.1. The Morgan fingerprint density at radius 2 is 2.10 bits per heavy atom. The van der Waals surface area contributed by atoms with E-state index in [2.05, 4.69) is 15.9 Å². The maximum absolute atomic E-state index is 14.1. The Hall–Kier alpha value is -1.65. The van der Waals surface area contributed by atoms with E-state index in [9.17, 15) is 10.1 Å². The number of hydroxylamine groups is 3. The summed E-state index contributed by atoms with van der Waals surface area (Å²) in [5, 5.41) is 14.8. The molecular weight excluding hydrogens is 414 g/mol. The fraction of sp³-hybridized carbons (Fsp3) is 0.636. The van der Waals surface area contributed by atoms with E-state index in [0.717, 1.165) is 61.8 Å².